The normalized spacial score (nSPS) is 16.9. The van der Waals surface area contributed by atoms with Crippen LogP contribution in [0.15, 0.2) is 36.4 Å². The smallest absolute Gasteiger partial charge is 0.270 e. The molecule has 0 saturated carbocycles. The van der Waals surface area contributed by atoms with Gasteiger partial charge in [0.2, 0.25) is 0 Å². The van der Waals surface area contributed by atoms with Crippen molar-refractivity contribution in [2.75, 3.05) is 25.1 Å². The van der Waals surface area contributed by atoms with Crippen LogP contribution in [0.2, 0.25) is 0 Å². The van der Waals surface area contributed by atoms with E-state index >= 15 is 0 Å². The van der Waals surface area contributed by atoms with Crippen LogP contribution in [-0.4, -0.2) is 41.1 Å². The molecule has 3 rings (SSSR count). The summed E-state index contributed by atoms with van der Waals surface area (Å²) in [4.78, 5) is 26.5. The number of carbonyl (C=O) groups excluding carboxylic acids is 2. The molecule has 1 aromatic heterocycles. The van der Waals surface area contributed by atoms with E-state index in [1.165, 1.54) is 6.42 Å². The highest BCUT2D eigenvalue weighted by Crippen LogP contribution is 2.17. The second-order valence-electron chi connectivity index (χ2n) is 7.29. The molecule has 0 spiro atoms. The second-order valence-corrected chi connectivity index (χ2v) is 7.29. The highest BCUT2D eigenvalue weighted by molar-refractivity contribution is 6.00. The molecule has 2 aromatic rings. The Labute approximate surface area is 160 Å². The molecule has 0 radical (unpaired) electrons. The zero-order valence-corrected chi connectivity index (χ0v) is 16.2. The molecule has 27 heavy (non-hydrogen) atoms. The minimum Gasteiger partial charge on any atom is -0.484 e. The summed E-state index contributed by atoms with van der Waals surface area (Å²) in [7, 11) is 0. The van der Waals surface area contributed by atoms with Crippen LogP contribution >= 0.6 is 0 Å². The van der Waals surface area contributed by atoms with Gasteiger partial charge in [0.25, 0.3) is 11.8 Å². The first-order chi connectivity index (χ1) is 12.9. The average molecular weight is 369 g/mol. The molecule has 0 bridgehead atoms. The van der Waals surface area contributed by atoms with Crippen molar-refractivity contribution in [2.24, 2.45) is 5.92 Å². The highest BCUT2D eigenvalue weighted by atomic mass is 16.5. The first kappa shape index (κ1) is 19.0. The van der Waals surface area contributed by atoms with E-state index in [0.29, 0.717) is 17.2 Å². The van der Waals surface area contributed by atoms with Gasteiger partial charge in [0.05, 0.1) is 0 Å². The van der Waals surface area contributed by atoms with E-state index in [-0.39, 0.29) is 18.4 Å². The Kier molecular flexibility index (Phi) is 5.84. The van der Waals surface area contributed by atoms with Crippen LogP contribution < -0.4 is 10.2 Å². The minimum atomic E-state index is -0.192. The number of piperidine rings is 1. The summed E-state index contributed by atoms with van der Waals surface area (Å²) in [6, 6.07) is 10.7. The number of nitrogens with one attached hydrogen (secondary N) is 1. The third kappa shape index (κ3) is 4.70. The quantitative estimate of drug-likeness (QED) is 0.881. The Balaban J connectivity index is 1.54. The van der Waals surface area contributed by atoms with Crippen LogP contribution in [0.25, 0.3) is 0 Å². The molecule has 2 amide bonds. The van der Waals surface area contributed by atoms with Crippen molar-refractivity contribution in [3.05, 3.63) is 53.3 Å². The van der Waals surface area contributed by atoms with Gasteiger partial charge in [-0.05, 0) is 69.0 Å². The molecule has 144 valence electrons. The van der Waals surface area contributed by atoms with Crippen LogP contribution in [-0.2, 0) is 4.79 Å². The number of ether oxygens (including phenoxy) is 1. The number of aryl methyl sites for hydroxylation is 2. The van der Waals surface area contributed by atoms with E-state index < -0.39 is 0 Å². The maximum atomic E-state index is 12.4. The minimum absolute atomic E-state index is 0.0157. The number of carbonyl (C=O) groups is 2. The van der Waals surface area contributed by atoms with Crippen LogP contribution in [0, 0.1) is 19.8 Å². The lowest BCUT2D eigenvalue weighted by atomic mass is 10.0. The molecule has 1 fully saturated rings. The van der Waals surface area contributed by atoms with Crippen LogP contribution in [0.4, 0.5) is 0 Å². The number of benzene rings is 1. The first-order valence-electron chi connectivity index (χ1n) is 9.41. The zero-order valence-electron chi connectivity index (χ0n) is 16.2. The Hall–Kier alpha value is -2.76. The predicted octanol–water partition coefficient (Wildman–Crippen LogP) is 3.13. The second kappa shape index (κ2) is 8.29. The zero-order chi connectivity index (χ0) is 19.4. The van der Waals surface area contributed by atoms with E-state index in [0.717, 1.165) is 30.9 Å². The number of hydrogen-bond donors (Lipinski definition) is 1. The van der Waals surface area contributed by atoms with E-state index in [4.69, 9.17) is 4.74 Å². The van der Waals surface area contributed by atoms with Gasteiger partial charge >= 0.3 is 0 Å². The lowest BCUT2D eigenvalue weighted by Crippen LogP contribution is -2.41. The fourth-order valence-electron chi connectivity index (χ4n) is 3.37. The monoisotopic (exact) mass is 369 g/mol. The molecule has 0 unspecified atom stereocenters. The Morgan fingerprint density at radius 2 is 1.78 bits per heavy atom. The van der Waals surface area contributed by atoms with Crippen molar-refractivity contribution in [3.8, 4) is 5.75 Å². The summed E-state index contributed by atoms with van der Waals surface area (Å²) in [6.07, 6.45) is 2.23. The summed E-state index contributed by atoms with van der Waals surface area (Å²) in [5.74, 6) is 0.954. The van der Waals surface area contributed by atoms with E-state index in [9.17, 15) is 9.59 Å². The third-order valence-electron chi connectivity index (χ3n) is 4.97. The maximum Gasteiger partial charge on any atom is 0.270 e. The van der Waals surface area contributed by atoms with Crippen molar-refractivity contribution in [1.29, 1.82) is 0 Å². The highest BCUT2D eigenvalue weighted by Gasteiger charge is 2.21. The number of amides is 2. The largest absolute Gasteiger partial charge is 0.484 e. The molecule has 1 aromatic carbocycles. The number of nitrogens with zero attached hydrogens (tertiary/aromatic N) is 2. The van der Waals surface area contributed by atoms with Crippen molar-refractivity contribution in [2.45, 2.75) is 33.6 Å². The van der Waals surface area contributed by atoms with Crippen molar-refractivity contribution in [1.82, 2.24) is 9.58 Å². The number of hydrogen-bond acceptors (Lipinski definition) is 3. The van der Waals surface area contributed by atoms with Gasteiger partial charge in [-0.3, -0.25) is 19.7 Å². The fraction of sp³-hybridized carbons (Fsp3) is 0.429. The summed E-state index contributed by atoms with van der Waals surface area (Å²) in [5, 5.41) is 0. The van der Waals surface area contributed by atoms with Gasteiger partial charge in [0.1, 0.15) is 5.75 Å². The van der Waals surface area contributed by atoms with Crippen LogP contribution in [0.3, 0.4) is 0 Å². The molecule has 6 heteroatoms. The predicted molar refractivity (Wildman–Crippen MR) is 105 cm³/mol. The summed E-state index contributed by atoms with van der Waals surface area (Å²) in [6.45, 7) is 7.68. The van der Waals surface area contributed by atoms with Gasteiger partial charge in [0.15, 0.2) is 6.61 Å². The van der Waals surface area contributed by atoms with E-state index in [1.54, 1.807) is 28.9 Å². The summed E-state index contributed by atoms with van der Waals surface area (Å²) in [5.41, 5.74) is 5.33. The SMILES string of the molecule is Cc1ccc(C)n1NC(=O)c1ccc(OCC(=O)N2CCC[C@@H](C)C2)cc1. The molecule has 1 atom stereocenters. The maximum absolute atomic E-state index is 12.4. The van der Waals surface area contributed by atoms with Crippen LogP contribution in [0.1, 0.15) is 41.5 Å². The van der Waals surface area contributed by atoms with Crippen molar-refractivity contribution < 1.29 is 14.3 Å². The molecule has 1 N–H and O–H groups in total. The number of likely N-dealkylation sites (tertiary alicyclic amines) is 1. The lowest BCUT2D eigenvalue weighted by molar-refractivity contribution is -0.135. The molecule has 1 aliphatic rings. The van der Waals surface area contributed by atoms with Gasteiger partial charge in [-0.15, -0.1) is 0 Å². The van der Waals surface area contributed by atoms with Crippen molar-refractivity contribution in [3.63, 3.8) is 0 Å². The summed E-state index contributed by atoms with van der Waals surface area (Å²) < 4.78 is 7.36. The van der Waals surface area contributed by atoms with Crippen molar-refractivity contribution >= 4 is 11.8 Å². The third-order valence-corrected chi connectivity index (χ3v) is 4.97. The lowest BCUT2D eigenvalue weighted by Gasteiger charge is -2.30. The standard InChI is InChI=1S/C21H27N3O3/c1-15-5-4-12-23(13-15)20(25)14-27-19-10-8-18(9-11-19)21(26)22-24-16(2)6-7-17(24)3/h6-11,15H,4-5,12-14H2,1-3H3,(H,22,26)/t15-/m1/s1. The molecule has 1 aliphatic heterocycles. The van der Waals surface area contributed by atoms with Gasteiger partial charge in [-0.25, -0.2) is 0 Å². The fourth-order valence-corrected chi connectivity index (χ4v) is 3.37. The molecule has 6 nitrogen and oxygen atoms in total. The Morgan fingerprint density at radius 3 is 2.41 bits per heavy atom. The van der Waals surface area contributed by atoms with Gasteiger partial charge in [0, 0.05) is 30.0 Å². The van der Waals surface area contributed by atoms with Gasteiger partial charge < -0.3 is 9.64 Å². The molecule has 1 saturated heterocycles. The van der Waals surface area contributed by atoms with Crippen LogP contribution in [0.5, 0.6) is 5.75 Å². The molecule has 0 aliphatic carbocycles. The Bertz CT molecular complexity index is 791. The summed E-state index contributed by atoms with van der Waals surface area (Å²) >= 11 is 0. The molecule has 2 heterocycles. The number of rotatable bonds is 5. The Morgan fingerprint density at radius 1 is 1.11 bits per heavy atom. The van der Waals surface area contributed by atoms with E-state index in [1.807, 2.05) is 30.9 Å². The first-order valence-corrected chi connectivity index (χ1v) is 9.41. The average Bonchev–Trinajstić information content (AvgIpc) is 2.98. The number of aromatic nitrogens is 1. The topological polar surface area (TPSA) is 63.6 Å². The van der Waals surface area contributed by atoms with Gasteiger partial charge in [-0.1, -0.05) is 6.92 Å². The van der Waals surface area contributed by atoms with Gasteiger partial charge in [-0.2, -0.15) is 0 Å². The molecular formula is C21H27N3O3. The van der Waals surface area contributed by atoms with E-state index in [2.05, 4.69) is 12.3 Å². The molecular weight excluding hydrogens is 342 g/mol.